The number of phenols is 1. The molecule has 3 aliphatic rings. The Morgan fingerprint density at radius 3 is 2.33 bits per heavy atom. The molecule has 2 fully saturated rings. The molecule has 1 saturated carbocycles. The average molecular weight is 810 g/mol. The van der Waals surface area contributed by atoms with E-state index in [0.717, 1.165) is 60.2 Å². The molecule has 0 unspecified atom stereocenters. The highest BCUT2D eigenvalue weighted by molar-refractivity contribution is 5.96. The van der Waals surface area contributed by atoms with E-state index in [4.69, 9.17) is 4.74 Å². The molecule has 2 atom stereocenters. The highest BCUT2D eigenvalue weighted by Gasteiger charge is 2.45. The van der Waals surface area contributed by atoms with E-state index >= 15 is 0 Å². The summed E-state index contributed by atoms with van der Waals surface area (Å²) < 4.78 is 8.14. The molecule has 2 aliphatic carbocycles. The van der Waals surface area contributed by atoms with Crippen LogP contribution >= 0.6 is 0 Å². The lowest BCUT2D eigenvalue weighted by atomic mass is 9.56. The molecule has 10 rings (SSSR count). The van der Waals surface area contributed by atoms with Crippen molar-refractivity contribution >= 4 is 16.6 Å². The molecular formula is C54H55N3O4. The first-order chi connectivity index (χ1) is 29.5. The zero-order chi connectivity index (χ0) is 41.9. The number of fused-ring (bicyclic) bond motifs is 2. The van der Waals surface area contributed by atoms with E-state index in [1.165, 1.54) is 59.2 Å². The van der Waals surface area contributed by atoms with Crippen LogP contribution in [0.2, 0.25) is 0 Å². The number of phenolic OH excluding ortho intramolecular Hbond substituents is 1. The number of aromatic amines is 1. The van der Waals surface area contributed by atoms with E-state index < -0.39 is 5.60 Å². The van der Waals surface area contributed by atoms with E-state index in [2.05, 4.69) is 94.8 Å². The maximum atomic E-state index is 12.8. The molecule has 7 heteroatoms. The summed E-state index contributed by atoms with van der Waals surface area (Å²) in [6.07, 6.45) is 11.8. The molecule has 310 valence electrons. The summed E-state index contributed by atoms with van der Waals surface area (Å²) in [5, 5.41) is 22.0. The normalized spacial score (nSPS) is 18.9. The first-order valence-electron chi connectivity index (χ1n) is 22.0. The molecule has 3 N–H and O–H groups in total. The van der Waals surface area contributed by atoms with Crippen molar-refractivity contribution in [3.8, 4) is 28.4 Å². The largest absolute Gasteiger partial charge is 0.508 e. The smallest absolute Gasteiger partial charge is 0.274 e. The lowest BCUT2D eigenvalue weighted by molar-refractivity contribution is 0.0283. The van der Waals surface area contributed by atoms with Gasteiger partial charge < -0.3 is 29.4 Å². The Morgan fingerprint density at radius 1 is 0.836 bits per heavy atom. The number of aromatic nitrogens is 2. The molecule has 3 heterocycles. The SMILES string of the molecule is Cn1cc(-c2cc(C(C)(C)O)ccc2Oc2ccc(CC3CC4(CCN(c5ccc([C@@H]6c7ccc(O)cc7CC[C@@H]6c6ccccc6)cc5)CC4)C3)cc2)c2cc[nH]c2c1=O. The van der Waals surface area contributed by atoms with Crippen molar-refractivity contribution in [2.45, 2.75) is 76.2 Å². The number of piperidine rings is 1. The van der Waals surface area contributed by atoms with Crippen LogP contribution in [0, 0.1) is 11.3 Å². The van der Waals surface area contributed by atoms with Crippen molar-refractivity contribution in [3.63, 3.8) is 0 Å². The Morgan fingerprint density at radius 2 is 1.59 bits per heavy atom. The summed E-state index contributed by atoms with van der Waals surface area (Å²) in [7, 11) is 1.75. The predicted octanol–water partition coefficient (Wildman–Crippen LogP) is 11.4. The number of H-pyrrole nitrogens is 1. The van der Waals surface area contributed by atoms with Crippen molar-refractivity contribution in [1.29, 1.82) is 0 Å². The Labute approximate surface area is 358 Å². The fraction of sp³-hybridized carbons (Fsp3) is 0.315. The van der Waals surface area contributed by atoms with Gasteiger partial charge in [-0.15, -0.1) is 0 Å². The number of nitrogens with zero attached hydrogens (tertiary/aromatic N) is 2. The molecule has 7 nitrogen and oxygen atoms in total. The van der Waals surface area contributed by atoms with Gasteiger partial charge in [-0.2, -0.15) is 0 Å². The quantitative estimate of drug-likeness (QED) is 0.135. The second kappa shape index (κ2) is 15.4. The Bertz CT molecular complexity index is 2750. The molecule has 2 aromatic heterocycles. The Hall–Kier alpha value is -6.05. The maximum absolute atomic E-state index is 12.8. The maximum Gasteiger partial charge on any atom is 0.274 e. The minimum atomic E-state index is -1.04. The number of rotatable bonds is 9. The zero-order valence-corrected chi connectivity index (χ0v) is 35.4. The first kappa shape index (κ1) is 39.1. The first-order valence-corrected chi connectivity index (χ1v) is 22.0. The second-order valence-corrected chi connectivity index (χ2v) is 18.7. The number of anilines is 1. The molecule has 1 aliphatic heterocycles. The number of hydrogen-bond acceptors (Lipinski definition) is 5. The summed E-state index contributed by atoms with van der Waals surface area (Å²) in [4.78, 5) is 18.5. The van der Waals surface area contributed by atoms with Crippen molar-refractivity contribution in [3.05, 3.63) is 177 Å². The molecule has 1 spiro atoms. The standard InChI is InChI=1S/C54H55N3O4/c1-53(2,60)40-14-22-49(47(31-40)48-34-56(3)52(59)51-46(48)23-26-55-51)61-43-18-9-35(10-19-43)29-36-32-54(33-36)24-27-57(28-25-54)41-15-11-38(12-16-41)50-44(37-7-5-4-6-8-37)20-13-39-30-42(58)17-21-45(39)50/h4-12,14-19,21-23,26,30-31,34,36,44,50,55,58,60H,13,20,24-25,27-29,32-33H2,1-3H3/t44-,50+/m1/s1. The van der Waals surface area contributed by atoms with Crippen LogP contribution in [0.4, 0.5) is 5.69 Å². The number of ether oxygens (including phenoxy) is 1. The fourth-order valence-corrected chi connectivity index (χ4v) is 11.0. The Kier molecular flexibility index (Phi) is 9.90. The van der Waals surface area contributed by atoms with E-state index in [1.807, 2.05) is 42.6 Å². The van der Waals surface area contributed by atoms with Gasteiger partial charge in [-0.25, -0.2) is 0 Å². The van der Waals surface area contributed by atoms with Gasteiger partial charge in [0.1, 0.15) is 22.8 Å². The van der Waals surface area contributed by atoms with Crippen LogP contribution in [-0.4, -0.2) is 32.9 Å². The van der Waals surface area contributed by atoms with Crippen molar-refractivity contribution in [2.75, 3.05) is 18.0 Å². The number of aliphatic hydroxyl groups is 1. The number of aryl methyl sites for hydroxylation is 2. The van der Waals surface area contributed by atoms with Crippen LogP contribution in [0.15, 0.2) is 139 Å². The number of aromatic hydroxyl groups is 1. The van der Waals surface area contributed by atoms with Crippen LogP contribution in [0.3, 0.4) is 0 Å². The molecule has 61 heavy (non-hydrogen) atoms. The molecule has 1 saturated heterocycles. The molecule has 5 aromatic carbocycles. The molecule has 0 amide bonds. The Balaban J connectivity index is 0.774. The van der Waals surface area contributed by atoms with Gasteiger partial charge in [0.2, 0.25) is 0 Å². The molecular weight excluding hydrogens is 755 g/mol. The number of hydrogen-bond donors (Lipinski definition) is 3. The van der Waals surface area contributed by atoms with E-state index in [9.17, 15) is 15.0 Å². The topological polar surface area (TPSA) is 90.7 Å². The van der Waals surface area contributed by atoms with Crippen molar-refractivity contribution < 1.29 is 14.9 Å². The highest BCUT2D eigenvalue weighted by atomic mass is 16.5. The van der Waals surface area contributed by atoms with Crippen molar-refractivity contribution in [2.24, 2.45) is 18.4 Å². The second-order valence-electron chi connectivity index (χ2n) is 18.7. The number of nitrogens with one attached hydrogen (secondary N) is 1. The third-order valence-corrected chi connectivity index (χ3v) is 14.2. The van der Waals surface area contributed by atoms with Gasteiger partial charge in [0.15, 0.2) is 0 Å². The van der Waals surface area contributed by atoms with E-state index in [-0.39, 0.29) is 11.5 Å². The average Bonchev–Trinajstić information content (AvgIpc) is 3.76. The van der Waals surface area contributed by atoms with Gasteiger partial charge in [-0.05, 0) is 164 Å². The van der Waals surface area contributed by atoms with E-state index in [0.29, 0.717) is 34.3 Å². The summed E-state index contributed by atoms with van der Waals surface area (Å²) >= 11 is 0. The third-order valence-electron chi connectivity index (χ3n) is 14.2. The van der Waals surface area contributed by atoms with E-state index in [1.54, 1.807) is 31.7 Å². The van der Waals surface area contributed by atoms with Crippen LogP contribution in [0.5, 0.6) is 17.2 Å². The van der Waals surface area contributed by atoms with Gasteiger partial charge in [0.25, 0.3) is 5.56 Å². The molecule has 0 bridgehead atoms. The van der Waals surface area contributed by atoms with Crippen LogP contribution in [0.25, 0.3) is 22.0 Å². The summed E-state index contributed by atoms with van der Waals surface area (Å²) in [5.74, 6) is 3.14. The lowest BCUT2D eigenvalue weighted by Gasteiger charge is -2.53. The summed E-state index contributed by atoms with van der Waals surface area (Å²) in [6.45, 7) is 5.75. The van der Waals surface area contributed by atoms with Gasteiger partial charge in [0, 0.05) is 60.6 Å². The van der Waals surface area contributed by atoms with Crippen molar-refractivity contribution in [1.82, 2.24) is 9.55 Å². The van der Waals surface area contributed by atoms with Crippen LogP contribution in [-0.2, 0) is 25.5 Å². The number of benzene rings is 5. The lowest BCUT2D eigenvalue weighted by Crippen LogP contribution is -2.47. The summed E-state index contributed by atoms with van der Waals surface area (Å²) in [5.41, 5.74) is 10.3. The number of pyridine rings is 1. The minimum absolute atomic E-state index is 0.0899. The highest BCUT2D eigenvalue weighted by Crippen LogP contribution is 2.54. The fourth-order valence-electron chi connectivity index (χ4n) is 11.0. The van der Waals surface area contributed by atoms with Gasteiger partial charge in [-0.1, -0.05) is 66.7 Å². The molecule has 7 aromatic rings. The predicted molar refractivity (Wildman–Crippen MR) is 245 cm³/mol. The van der Waals surface area contributed by atoms with Crippen LogP contribution in [0.1, 0.15) is 91.2 Å². The monoisotopic (exact) mass is 809 g/mol. The van der Waals surface area contributed by atoms with Gasteiger partial charge >= 0.3 is 0 Å². The zero-order valence-electron chi connectivity index (χ0n) is 35.4. The van der Waals surface area contributed by atoms with Crippen LogP contribution < -0.4 is 15.2 Å². The summed E-state index contributed by atoms with van der Waals surface area (Å²) in [6, 6.07) is 42.6. The third kappa shape index (κ3) is 7.54. The minimum Gasteiger partial charge on any atom is -0.508 e. The van der Waals surface area contributed by atoms with Gasteiger partial charge in [0.05, 0.1) is 5.60 Å². The van der Waals surface area contributed by atoms with Gasteiger partial charge in [-0.3, -0.25) is 4.79 Å². The molecule has 0 radical (unpaired) electrons.